The third-order valence-electron chi connectivity index (χ3n) is 13.5. The molecule has 408 valence electrons. The number of rotatable bonds is 36. The SMILES string of the molecule is CC[C@H](C)[C@@H]([C@@H](CC(=O)N1CCC[C@H]1[C@H](OC)[C@@H](C)C(=O)N[C@@H](Cc1ccccc1)c1nccs1)OC)N(C)C(=O)[C@@H](NC(=O)[C@H](C(C)C)N(C)C(=O)CCOCCOCCOCCOCCON)C(C)C. The van der Waals surface area contributed by atoms with Crippen LogP contribution in [-0.2, 0) is 63.7 Å². The number of likely N-dealkylation sites (N-methyl/N-ethyl adjacent to an activating group) is 2. The lowest BCUT2D eigenvalue weighted by molar-refractivity contribution is -0.148. The molecule has 0 spiro atoms. The highest BCUT2D eigenvalue weighted by Gasteiger charge is 2.43. The van der Waals surface area contributed by atoms with E-state index in [1.807, 2.05) is 89.1 Å². The molecule has 1 aromatic carbocycles. The van der Waals surface area contributed by atoms with Crippen molar-refractivity contribution >= 4 is 40.9 Å². The number of nitrogens with one attached hydrogen (secondary N) is 2. The first-order chi connectivity index (χ1) is 34.5. The summed E-state index contributed by atoms with van der Waals surface area (Å²) in [5.74, 6) is 2.26. The van der Waals surface area contributed by atoms with Crippen molar-refractivity contribution in [3.05, 3.63) is 52.5 Å². The van der Waals surface area contributed by atoms with Gasteiger partial charge in [0.15, 0.2) is 0 Å². The molecule has 1 aromatic heterocycles. The maximum Gasteiger partial charge on any atom is 0.245 e. The number of amides is 5. The minimum absolute atomic E-state index is 0.0175. The van der Waals surface area contributed by atoms with Gasteiger partial charge in [0.1, 0.15) is 17.1 Å². The number of likely N-dealkylation sites (tertiary alicyclic amines) is 1. The summed E-state index contributed by atoms with van der Waals surface area (Å²) < 4.78 is 34.0. The van der Waals surface area contributed by atoms with Crippen LogP contribution in [0.1, 0.15) is 97.2 Å². The number of aromatic nitrogens is 1. The molecule has 0 bridgehead atoms. The number of thiazole rings is 1. The molecule has 19 nitrogen and oxygen atoms in total. The van der Waals surface area contributed by atoms with E-state index in [1.54, 1.807) is 39.4 Å². The smallest absolute Gasteiger partial charge is 0.245 e. The zero-order valence-electron chi connectivity index (χ0n) is 44.9. The molecule has 5 amide bonds. The molecule has 1 aliphatic heterocycles. The average Bonchev–Trinajstić information content (AvgIpc) is 4.09. The second-order valence-electron chi connectivity index (χ2n) is 19.2. The lowest BCUT2D eigenvalue weighted by atomic mass is 9.89. The third-order valence-corrected chi connectivity index (χ3v) is 14.4. The molecule has 0 saturated carbocycles. The molecule has 3 rings (SSSR count). The summed E-state index contributed by atoms with van der Waals surface area (Å²) in [6.07, 6.45) is 3.14. The minimum Gasteiger partial charge on any atom is -0.379 e. The predicted molar refractivity (Wildman–Crippen MR) is 275 cm³/mol. The van der Waals surface area contributed by atoms with E-state index in [9.17, 15) is 24.0 Å². The summed E-state index contributed by atoms with van der Waals surface area (Å²) in [6.45, 7) is 16.9. The van der Waals surface area contributed by atoms with Gasteiger partial charge in [0.05, 0.1) is 109 Å². The van der Waals surface area contributed by atoms with E-state index in [0.717, 1.165) is 17.0 Å². The molecule has 9 atom stereocenters. The van der Waals surface area contributed by atoms with E-state index in [4.69, 9.17) is 34.3 Å². The van der Waals surface area contributed by atoms with Crippen LogP contribution in [0.4, 0.5) is 0 Å². The van der Waals surface area contributed by atoms with Gasteiger partial charge in [-0.1, -0.05) is 85.2 Å². The molecule has 20 heteroatoms. The fourth-order valence-corrected chi connectivity index (χ4v) is 10.0. The molecular formula is C52H87N7O12S. The molecule has 0 aliphatic carbocycles. The number of methoxy groups -OCH3 is 2. The van der Waals surface area contributed by atoms with Crippen LogP contribution in [0.5, 0.6) is 0 Å². The van der Waals surface area contributed by atoms with Gasteiger partial charge >= 0.3 is 0 Å². The molecule has 2 heterocycles. The van der Waals surface area contributed by atoms with Crippen LogP contribution >= 0.6 is 11.3 Å². The number of ether oxygens (including phenoxy) is 6. The maximum atomic E-state index is 14.6. The Bertz CT molecular complexity index is 1860. The summed E-state index contributed by atoms with van der Waals surface area (Å²) in [6, 6.07) is 6.92. The predicted octanol–water partition coefficient (Wildman–Crippen LogP) is 4.43. The number of hydrogen-bond acceptors (Lipinski definition) is 15. The Morgan fingerprint density at radius 3 is 1.94 bits per heavy atom. The summed E-state index contributed by atoms with van der Waals surface area (Å²) in [7, 11) is 6.41. The number of carbonyl (C=O) groups is 5. The van der Waals surface area contributed by atoms with E-state index in [0.29, 0.717) is 72.1 Å². The van der Waals surface area contributed by atoms with E-state index < -0.39 is 42.2 Å². The summed E-state index contributed by atoms with van der Waals surface area (Å²) in [5, 5.41) is 8.93. The number of carbonyl (C=O) groups excluding carboxylic acids is 5. The van der Waals surface area contributed by atoms with E-state index in [2.05, 4.69) is 20.5 Å². The number of benzene rings is 1. The standard InChI is InChI=1S/C52H87N7O12S/c1-12-37(6)47(42(65-10)34-44(61)59-22-16-19-41(59)48(66-11)38(7)49(62)55-40(51-54-21-32-72-51)33-39-17-14-13-15-18-39)58(9)52(64)45(35(2)3)56-50(63)46(36(4)5)57(8)43(60)20-23-67-24-25-68-26-27-69-28-29-70-30-31-71-53/h13-15,17-18,21,32,35-38,40-42,45-48H,12,16,19-20,22-31,33-34,53H2,1-11H3,(H,55,62)(H,56,63)/t37-,38+,40-,41-,42+,45-,46-,47-,48+/m0/s1. The lowest BCUT2D eigenvalue weighted by Gasteiger charge is -2.41. The van der Waals surface area contributed by atoms with Crippen LogP contribution in [0.25, 0.3) is 0 Å². The van der Waals surface area contributed by atoms with Crippen LogP contribution in [0.15, 0.2) is 41.9 Å². The molecule has 0 unspecified atom stereocenters. The zero-order chi connectivity index (χ0) is 53.2. The van der Waals surface area contributed by atoms with Gasteiger partial charge in [0, 0.05) is 46.4 Å². The minimum atomic E-state index is -0.938. The molecule has 1 fully saturated rings. The van der Waals surface area contributed by atoms with Gasteiger partial charge in [-0.25, -0.2) is 10.9 Å². The molecular weight excluding hydrogens is 947 g/mol. The molecule has 0 radical (unpaired) electrons. The van der Waals surface area contributed by atoms with Gasteiger partial charge in [-0.3, -0.25) is 24.0 Å². The van der Waals surface area contributed by atoms with Gasteiger partial charge < -0.3 is 58.6 Å². The van der Waals surface area contributed by atoms with Crippen LogP contribution < -0.4 is 16.5 Å². The van der Waals surface area contributed by atoms with Gasteiger partial charge in [-0.05, 0) is 42.6 Å². The summed E-state index contributed by atoms with van der Waals surface area (Å²) >= 11 is 1.49. The second-order valence-corrected chi connectivity index (χ2v) is 20.1. The zero-order valence-corrected chi connectivity index (χ0v) is 45.7. The highest BCUT2D eigenvalue weighted by molar-refractivity contribution is 7.09. The highest BCUT2D eigenvalue weighted by Crippen LogP contribution is 2.31. The topological polar surface area (TPSA) is 223 Å². The van der Waals surface area contributed by atoms with Crippen molar-refractivity contribution in [1.29, 1.82) is 0 Å². The normalized spacial score (nSPS) is 17.2. The van der Waals surface area contributed by atoms with Gasteiger partial charge in [-0.15, -0.1) is 11.3 Å². The van der Waals surface area contributed by atoms with Crippen molar-refractivity contribution in [3.8, 4) is 0 Å². The van der Waals surface area contributed by atoms with Crippen LogP contribution in [0, 0.1) is 23.7 Å². The number of hydrogen-bond donors (Lipinski definition) is 3. The highest BCUT2D eigenvalue weighted by atomic mass is 32.1. The largest absolute Gasteiger partial charge is 0.379 e. The average molecular weight is 1030 g/mol. The molecule has 72 heavy (non-hydrogen) atoms. The van der Waals surface area contributed by atoms with Crippen LogP contribution in [0.3, 0.4) is 0 Å². The van der Waals surface area contributed by atoms with E-state index in [1.165, 1.54) is 16.2 Å². The Labute approximate surface area is 432 Å². The summed E-state index contributed by atoms with van der Waals surface area (Å²) in [5.41, 5.74) is 1.07. The molecule has 2 aromatic rings. The van der Waals surface area contributed by atoms with Crippen LogP contribution in [-0.4, -0.2) is 180 Å². The summed E-state index contributed by atoms with van der Waals surface area (Å²) in [4.78, 5) is 84.5. The van der Waals surface area contributed by atoms with E-state index in [-0.39, 0.29) is 79.5 Å². The Morgan fingerprint density at radius 1 is 0.806 bits per heavy atom. The number of nitrogens with zero attached hydrogens (tertiary/aromatic N) is 4. The second kappa shape index (κ2) is 33.6. The van der Waals surface area contributed by atoms with Crippen molar-refractivity contribution in [2.75, 3.05) is 94.3 Å². The first-order valence-corrected chi connectivity index (χ1v) is 26.4. The van der Waals surface area contributed by atoms with Gasteiger partial charge in [0.25, 0.3) is 0 Å². The van der Waals surface area contributed by atoms with Crippen molar-refractivity contribution in [2.24, 2.45) is 29.6 Å². The van der Waals surface area contributed by atoms with Crippen molar-refractivity contribution in [1.82, 2.24) is 30.3 Å². The van der Waals surface area contributed by atoms with Crippen molar-refractivity contribution in [3.63, 3.8) is 0 Å². The quantitative estimate of drug-likeness (QED) is 0.0635. The number of nitrogens with two attached hydrogens (primary N) is 1. The Kier molecular flexibility index (Phi) is 29.1. The van der Waals surface area contributed by atoms with Crippen LogP contribution in [0.2, 0.25) is 0 Å². The van der Waals surface area contributed by atoms with Gasteiger partial charge in [-0.2, -0.15) is 0 Å². The fourth-order valence-electron chi connectivity index (χ4n) is 9.32. The van der Waals surface area contributed by atoms with E-state index >= 15 is 0 Å². The molecule has 4 N–H and O–H groups in total. The first-order valence-electron chi connectivity index (χ1n) is 25.6. The molecule has 1 saturated heterocycles. The van der Waals surface area contributed by atoms with Gasteiger partial charge in [0.2, 0.25) is 29.5 Å². The lowest BCUT2D eigenvalue weighted by Crippen LogP contribution is -2.60. The van der Waals surface area contributed by atoms with Crippen molar-refractivity contribution < 1.29 is 57.2 Å². The Hall–Kier alpha value is -4.12. The van der Waals surface area contributed by atoms with Crippen molar-refractivity contribution in [2.45, 2.75) is 129 Å². The Balaban J connectivity index is 1.63. The maximum absolute atomic E-state index is 14.6. The monoisotopic (exact) mass is 1030 g/mol. The fraction of sp³-hybridized carbons (Fsp3) is 0.731. The first kappa shape index (κ1) is 62.2. The Morgan fingerprint density at radius 2 is 1.42 bits per heavy atom. The molecule has 1 aliphatic rings. The third kappa shape index (κ3) is 19.6.